The number of carbonyl (C=O) groups excluding carboxylic acids is 2. The fraction of sp³-hybridized carbons (Fsp3) is 0.654. The third-order valence-corrected chi connectivity index (χ3v) is 6.63. The smallest absolute Gasteiger partial charge is 0.251 e. The number of hydrogen-bond donors (Lipinski definition) is 1. The monoisotopic (exact) mass is 483 g/mol. The Morgan fingerprint density at radius 3 is 2.26 bits per heavy atom. The third-order valence-electron chi connectivity index (χ3n) is 6.63. The van der Waals surface area contributed by atoms with Crippen molar-refractivity contribution < 1.29 is 9.59 Å². The van der Waals surface area contributed by atoms with E-state index < -0.39 is 0 Å². The van der Waals surface area contributed by atoms with E-state index in [4.69, 9.17) is 0 Å². The van der Waals surface area contributed by atoms with E-state index in [9.17, 15) is 9.59 Å². The minimum Gasteiger partial charge on any atom is -0.355 e. The second-order valence-corrected chi connectivity index (χ2v) is 11.0. The maximum atomic E-state index is 13.1. The van der Waals surface area contributed by atoms with Gasteiger partial charge in [0.25, 0.3) is 5.95 Å². The molecule has 0 radical (unpaired) electrons. The first kappa shape index (κ1) is 26.8. The van der Waals surface area contributed by atoms with Crippen LogP contribution in [0.25, 0.3) is 5.95 Å². The van der Waals surface area contributed by atoms with Crippen molar-refractivity contribution in [1.82, 2.24) is 34.9 Å². The van der Waals surface area contributed by atoms with Gasteiger partial charge >= 0.3 is 0 Å². The predicted octanol–water partition coefficient (Wildman–Crippen LogP) is 2.38. The van der Waals surface area contributed by atoms with Crippen LogP contribution in [-0.2, 0) is 16.0 Å². The van der Waals surface area contributed by atoms with E-state index in [1.165, 1.54) is 0 Å². The molecule has 0 saturated carbocycles. The summed E-state index contributed by atoms with van der Waals surface area (Å²) in [5.74, 6) is 0.665. The van der Waals surface area contributed by atoms with Gasteiger partial charge in [0, 0.05) is 54.7 Å². The molecule has 1 N–H and O–H groups in total. The second-order valence-electron chi connectivity index (χ2n) is 11.0. The van der Waals surface area contributed by atoms with Gasteiger partial charge in [-0.2, -0.15) is 5.10 Å². The van der Waals surface area contributed by atoms with Gasteiger partial charge in [0.05, 0.1) is 12.1 Å². The summed E-state index contributed by atoms with van der Waals surface area (Å²) in [6, 6.07) is 1.92. The van der Waals surface area contributed by atoms with Crippen molar-refractivity contribution in [2.75, 3.05) is 40.3 Å². The lowest BCUT2D eigenvalue weighted by atomic mass is 9.91. The summed E-state index contributed by atoms with van der Waals surface area (Å²) < 4.78 is 1.73. The van der Waals surface area contributed by atoms with Crippen molar-refractivity contribution in [2.24, 2.45) is 11.3 Å². The molecule has 9 nitrogen and oxygen atoms in total. The molecule has 0 bridgehead atoms. The fourth-order valence-corrected chi connectivity index (χ4v) is 4.96. The van der Waals surface area contributed by atoms with Crippen LogP contribution in [0.2, 0.25) is 0 Å². The molecule has 2 aromatic rings. The van der Waals surface area contributed by atoms with Gasteiger partial charge in [0.2, 0.25) is 11.8 Å². The highest BCUT2D eigenvalue weighted by Gasteiger charge is 2.29. The summed E-state index contributed by atoms with van der Waals surface area (Å²) in [7, 11) is 4.09. The quantitative estimate of drug-likeness (QED) is 0.619. The Labute approximate surface area is 209 Å². The van der Waals surface area contributed by atoms with Gasteiger partial charge < -0.3 is 15.1 Å². The van der Waals surface area contributed by atoms with Crippen LogP contribution in [0.1, 0.15) is 55.0 Å². The predicted molar refractivity (Wildman–Crippen MR) is 136 cm³/mol. The van der Waals surface area contributed by atoms with E-state index in [1.807, 2.05) is 52.8 Å². The molecule has 9 heteroatoms. The van der Waals surface area contributed by atoms with Crippen LogP contribution in [0.3, 0.4) is 0 Å². The van der Waals surface area contributed by atoms with Crippen molar-refractivity contribution in [3.63, 3.8) is 0 Å². The van der Waals surface area contributed by atoms with Crippen molar-refractivity contribution in [3.05, 3.63) is 34.4 Å². The minimum atomic E-state index is -0.0397. The van der Waals surface area contributed by atoms with E-state index in [0.29, 0.717) is 38.4 Å². The Morgan fingerprint density at radius 1 is 1.09 bits per heavy atom. The third kappa shape index (κ3) is 6.87. The number of nitrogens with one attached hydrogen (secondary N) is 1. The van der Waals surface area contributed by atoms with E-state index >= 15 is 0 Å². The van der Waals surface area contributed by atoms with Crippen molar-refractivity contribution >= 4 is 11.8 Å². The highest BCUT2D eigenvalue weighted by Crippen LogP contribution is 2.22. The molecule has 35 heavy (non-hydrogen) atoms. The van der Waals surface area contributed by atoms with Gasteiger partial charge in [-0.05, 0) is 66.1 Å². The van der Waals surface area contributed by atoms with E-state index in [0.717, 1.165) is 34.9 Å². The van der Waals surface area contributed by atoms with Crippen LogP contribution in [0.4, 0.5) is 0 Å². The molecule has 1 saturated heterocycles. The molecule has 1 aliphatic rings. The lowest BCUT2D eigenvalue weighted by molar-refractivity contribution is -0.135. The molecule has 3 rings (SSSR count). The van der Waals surface area contributed by atoms with Crippen LogP contribution in [-0.4, -0.2) is 81.6 Å². The van der Waals surface area contributed by atoms with Gasteiger partial charge in [0.15, 0.2) is 0 Å². The first-order valence-electron chi connectivity index (χ1n) is 12.4. The van der Waals surface area contributed by atoms with Gasteiger partial charge in [-0.15, -0.1) is 0 Å². The first-order chi connectivity index (χ1) is 16.4. The van der Waals surface area contributed by atoms with Crippen LogP contribution in [0, 0.1) is 39.0 Å². The largest absolute Gasteiger partial charge is 0.355 e. The second kappa shape index (κ2) is 10.8. The molecular formula is C26H41N7O2. The summed E-state index contributed by atoms with van der Waals surface area (Å²) in [4.78, 5) is 38.9. The molecule has 2 aromatic heterocycles. The summed E-state index contributed by atoms with van der Waals surface area (Å²) in [6.07, 6.45) is 1.68. The summed E-state index contributed by atoms with van der Waals surface area (Å²) in [6.45, 7) is 14.8. The maximum Gasteiger partial charge on any atom is 0.251 e. The highest BCUT2D eigenvalue weighted by molar-refractivity contribution is 5.81. The number of rotatable bonds is 8. The molecule has 192 valence electrons. The number of aryl methyl sites for hydroxylation is 3. The fourth-order valence-electron chi connectivity index (χ4n) is 4.96. The number of likely N-dealkylation sites (tertiary alicyclic amines) is 1. The molecule has 0 spiro atoms. The molecule has 1 fully saturated rings. The SMILES string of the molecule is Cc1cc(C)nc(-n2nc(C)c(CC(=O)N3CCC(C(=O)NCC(C)(C)CN(C)C)CC3)c2C)n1. The number of piperidine rings is 1. The number of nitrogens with zero attached hydrogens (tertiary/aromatic N) is 6. The Kier molecular flexibility index (Phi) is 8.30. The minimum absolute atomic E-state index is 0.0121. The van der Waals surface area contributed by atoms with Crippen molar-refractivity contribution in [3.8, 4) is 5.95 Å². The molecule has 2 amide bonds. The molecule has 0 aromatic carbocycles. The van der Waals surface area contributed by atoms with Gasteiger partial charge in [-0.25, -0.2) is 14.6 Å². The Hall–Kier alpha value is -2.81. The standard InChI is InChI=1S/C26H41N7O2/c1-17-13-18(2)29-25(28-17)33-20(4)22(19(3)30-33)14-23(34)32-11-9-21(10-12-32)24(35)27-15-26(5,6)16-31(7)8/h13,21H,9-12,14-16H2,1-8H3,(H,27,35). The lowest BCUT2D eigenvalue weighted by Crippen LogP contribution is -2.46. The van der Waals surface area contributed by atoms with Crippen LogP contribution in [0.5, 0.6) is 0 Å². The van der Waals surface area contributed by atoms with Gasteiger partial charge in [0.1, 0.15) is 0 Å². The van der Waals surface area contributed by atoms with Crippen LogP contribution < -0.4 is 5.32 Å². The summed E-state index contributed by atoms with van der Waals surface area (Å²) >= 11 is 0. The maximum absolute atomic E-state index is 13.1. The number of hydrogen-bond acceptors (Lipinski definition) is 6. The van der Waals surface area contributed by atoms with Crippen molar-refractivity contribution in [1.29, 1.82) is 0 Å². The van der Waals surface area contributed by atoms with E-state index in [2.05, 4.69) is 39.1 Å². The van der Waals surface area contributed by atoms with E-state index in [-0.39, 0.29) is 29.6 Å². The Balaban J connectivity index is 1.57. The Bertz CT molecular complexity index is 1050. The summed E-state index contributed by atoms with van der Waals surface area (Å²) in [5, 5.41) is 7.75. The van der Waals surface area contributed by atoms with Gasteiger partial charge in [-0.1, -0.05) is 13.8 Å². The molecule has 0 aliphatic carbocycles. The normalized spacial score (nSPS) is 15.1. The highest BCUT2D eigenvalue weighted by atomic mass is 16.2. The van der Waals surface area contributed by atoms with Crippen molar-refractivity contribution in [2.45, 2.75) is 60.8 Å². The first-order valence-corrected chi connectivity index (χ1v) is 12.4. The number of aromatic nitrogens is 4. The van der Waals surface area contributed by atoms with Crippen LogP contribution in [0.15, 0.2) is 6.07 Å². The summed E-state index contributed by atoms with van der Waals surface area (Å²) in [5.41, 5.74) is 4.39. The molecule has 3 heterocycles. The average Bonchev–Trinajstić information content (AvgIpc) is 3.04. The topological polar surface area (TPSA) is 96.2 Å². The average molecular weight is 484 g/mol. The molecule has 0 atom stereocenters. The molecule has 1 aliphatic heterocycles. The zero-order valence-corrected chi connectivity index (χ0v) is 22.6. The van der Waals surface area contributed by atoms with Crippen LogP contribution >= 0.6 is 0 Å². The number of carbonyl (C=O) groups is 2. The number of amides is 2. The lowest BCUT2D eigenvalue weighted by Gasteiger charge is -2.33. The van der Waals surface area contributed by atoms with E-state index in [1.54, 1.807) is 4.68 Å². The Morgan fingerprint density at radius 2 is 1.69 bits per heavy atom. The molecular weight excluding hydrogens is 442 g/mol. The molecule has 0 unspecified atom stereocenters. The zero-order chi connectivity index (χ0) is 25.9. The zero-order valence-electron chi connectivity index (χ0n) is 22.6. The van der Waals surface area contributed by atoms with Gasteiger partial charge in [-0.3, -0.25) is 9.59 Å².